The van der Waals surface area contributed by atoms with Gasteiger partial charge in [-0.15, -0.1) is 0 Å². The highest BCUT2D eigenvalue weighted by atomic mass is 14.2. The van der Waals surface area contributed by atoms with Crippen LogP contribution in [0.15, 0.2) is 206 Å². The Morgan fingerprint density at radius 1 is 0.180 bits per heavy atom. The van der Waals surface area contributed by atoms with Crippen molar-refractivity contribution in [3.63, 3.8) is 0 Å². The second-order valence-corrected chi connectivity index (χ2v) is 12.9. The molecule has 0 N–H and O–H groups in total. The molecule has 0 fully saturated rings. The van der Waals surface area contributed by atoms with Gasteiger partial charge in [-0.2, -0.15) is 0 Å². The molecular weight excluding hydrogens is 601 g/mol. The van der Waals surface area contributed by atoms with E-state index in [1.807, 2.05) is 0 Å². The van der Waals surface area contributed by atoms with Gasteiger partial charge in [-0.25, -0.2) is 0 Å². The zero-order valence-corrected chi connectivity index (χ0v) is 27.6. The van der Waals surface area contributed by atoms with Gasteiger partial charge in [0.1, 0.15) is 0 Å². The molecule has 0 atom stereocenters. The Morgan fingerprint density at radius 3 is 1.10 bits per heavy atom. The summed E-state index contributed by atoms with van der Waals surface area (Å²) in [5.74, 6) is 0. The summed E-state index contributed by atoms with van der Waals surface area (Å²) in [7, 11) is 0. The van der Waals surface area contributed by atoms with Crippen molar-refractivity contribution in [1.82, 2.24) is 0 Å². The van der Waals surface area contributed by atoms with Crippen LogP contribution in [0.2, 0.25) is 0 Å². The van der Waals surface area contributed by atoms with Gasteiger partial charge in [0.2, 0.25) is 0 Å². The van der Waals surface area contributed by atoms with Crippen LogP contribution in [0.1, 0.15) is 0 Å². The topological polar surface area (TPSA) is 0 Å². The Hall–Kier alpha value is -6.50. The van der Waals surface area contributed by atoms with Crippen LogP contribution >= 0.6 is 0 Å². The monoisotopic (exact) mass is 634 g/mol. The van der Waals surface area contributed by atoms with Gasteiger partial charge in [-0.1, -0.05) is 188 Å². The van der Waals surface area contributed by atoms with Gasteiger partial charge in [-0.3, -0.25) is 0 Å². The molecule has 0 heterocycles. The highest BCUT2D eigenvalue weighted by molar-refractivity contribution is 6.22. The van der Waals surface area contributed by atoms with Crippen LogP contribution in [0.3, 0.4) is 0 Å². The first-order valence-electron chi connectivity index (χ1n) is 17.3. The lowest BCUT2D eigenvalue weighted by molar-refractivity contribution is 1.58. The minimum absolute atomic E-state index is 1.21. The zero-order valence-electron chi connectivity index (χ0n) is 27.6. The summed E-state index contributed by atoms with van der Waals surface area (Å²) in [6, 6.07) is 75.0. The van der Waals surface area contributed by atoms with Gasteiger partial charge >= 0.3 is 0 Å². The van der Waals surface area contributed by atoms with Crippen molar-refractivity contribution in [1.29, 1.82) is 0 Å². The number of hydrogen-bond donors (Lipinski definition) is 0. The fraction of sp³-hybridized carbons (Fsp3) is 0. The van der Waals surface area contributed by atoms with E-state index in [0.29, 0.717) is 0 Å². The Bertz CT molecular complexity index is 2620. The van der Waals surface area contributed by atoms with Crippen LogP contribution in [-0.2, 0) is 0 Å². The van der Waals surface area contributed by atoms with Crippen LogP contribution in [0.25, 0.3) is 88.3 Å². The predicted octanol–water partition coefficient (Wildman–Crippen LogP) is 14.0. The fourth-order valence-corrected chi connectivity index (χ4v) is 7.54. The van der Waals surface area contributed by atoms with E-state index in [0.717, 1.165) is 0 Å². The number of fused-ring (bicyclic) bond motifs is 2. The molecule has 0 aliphatic carbocycles. The molecule has 9 aromatic rings. The molecule has 0 radical (unpaired) electrons. The van der Waals surface area contributed by atoms with E-state index in [9.17, 15) is 0 Å². The maximum absolute atomic E-state index is 2.43. The molecule has 0 aromatic heterocycles. The maximum atomic E-state index is 2.43. The van der Waals surface area contributed by atoms with Gasteiger partial charge in [-0.05, 0) is 107 Å². The highest BCUT2D eigenvalue weighted by Gasteiger charge is 2.19. The molecule has 0 bridgehead atoms. The minimum atomic E-state index is 1.21. The molecule has 234 valence electrons. The minimum Gasteiger partial charge on any atom is -0.0622 e. The van der Waals surface area contributed by atoms with E-state index in [1.54, 1.807) is 0 Å². The average molecular weight is 635 g/mol. The summed E-state index contributed by atoms with van der Waals surface area (Å²) in [5, 5.41) is 4.99. The summed E-state index contributed by atoms with van der Waals surface area (Å²) >= 11 is 0. The zero-order chi connectivity index (χ0) is 33.3. The van der Waals surface area contributed by atoms with E-state index < -0.39 is 0 Å². The smallest absolute Gasteiger partial charge is 0.00259 e. The Kier molecular flexibility index (Phi) is 7.61. The third-order valence-corrected chi connectivity index (χ3v) is 9.86. The standard InChI is InChI=1S/C50H34/c1-4-16-35(17-5-1)38-22-14-24-41(32-38)49-45-28-12-13-29-46(45)50(42-25-15-23-39(33-42)36-18-6-2-7-19-36)48-34-40(30-31-47(48)49)44-27-11-10-26-43(44)37-20-8-3-9-21-37/h1-34H. The normalized spacial score (nSPS) is 11.2. The third-order valence-electron chi connectivity index (χ3n) is 9.86. The maximum Gasteiger partial charge on any atom is -0.00259 e. The SMILES string of the molecule is c1ccc(-c2cccc(-c3c4ccccc4c(-c4cccc(-c5ccccc5)c4)c4cc(-c5ccccc5-c5ccccc5)ccc34)c2)cc1. The van der Waals surface area contributed by atoms with Crippen LogP contribution in [0, 0.1) is 0 Å². The van der Waals surface area contributed by atoms with E-state index in [2.05, 4.69) is 206 Å². The Labute approximate surface area is 293 Å². The molecule has 50 heavy (non-hydrogen) atoms. The molecule has 0 unspecified atom stereocenters. The first kappa shape index (κ1) is 29.6. The molecule has 0 saturated heterocycles. The molecule has 0 heteroatoms. The van der Waals surface area contributed by atoms with Gasteiger partial charge in [0.25, 0.3) is 0 Å². The van der Waals surface area contributed by atoms with Crippen molar-refractivity contribution in [2.75, 3.05) is 0 Å². The van der Waals surface area contributed by atoms with Crippen LogP contribution in [0.4, 0.5) is 0 Å². The molecule has 0 spiro atoms. The van der Waals surface area contributed by atoms with E-state index in [1.165, 1.54) is 88.3 Å². The summed E-state index contributed by atoms with van der Waals surface area (Å²) in [5.41, 5.74) is 14.7. The summed E-state index contributed by atoms with van der Waals surface area (Å²) < 4.78 is 0. The first-order chi connectivity index (χ1) is 24.8. The lowest BCUT2D eigenvalue weighted by Crippen LogP contribution is -1.93. The molecule has 0 saturated carbocycles. The summed E-state index contributed by atoms with van der Waals surface area (Å²) in [4.78, 5) is 0. The second-order valence-electron chi connectivity index (χ2n) is 12.9. The predicted molar refractivity (Wildman–Crippen MR) is 214 cm³/mol. The van der Waals surface area contributed by atoms with Crippen LogP contribution in [-0.4, -0.2) is 0 Å². The highest BCUT2D eigenvalue weighted by Crippen LogP contribution is 2.46. The summed E-state index contributed by atoms with van der Waals surface area (Å²) in [6.07, 6.45) is 0. The molecule has 9 aromatic carbocycles. The number of rotatable bonds is 6. The van der Waals surface area contributed by atoms with Crippen molar-refractivity contribution in [2.45, 2.75) is 0 Å². The van der Waals surface area contributed by atoms with Crippen molar-refractivity contribution in [2.24, 2.45) is 0 Å². The van der Waals surface area contributed by atoms with Crippen molar-refractivity contribution in [3.8, 4) is 66.8 Å². The molecular formula is C50H34. The van der Waals surface area contributed by atoms with Gasteiger partial charge in [0, 0.05) is 0 Å². The van der Waals surface area contributed by atoms with Crippen molar-refractivity contribution >= 4 is 21.5 Å². The number of hydrogen-bond acceptors (Lipinski definition) is 0. The van der Waals surface area contributed by atoms with Gasteiger partial charge in [0.05, 0.1) is 0 Å². The number of benzene rings is 9. The quantitative estimate of drug-likeness (QED) is 0.160. The Morgan fingerprint density at radius 2 is 0.560 bits per heavy atom. The lowest BCUT2D eigenvalue weighted by atomic mass is 9.83. The van der Waals surface area contributed by atoms with E-state index in [-0.39, 0.29) is 0 Å². The van der Waals surface area contributed by atoms with Gasteiger partial charge in [0.15, 0.2) is 0 Å². The molecule has 0 amide bonds. The first-order valence-corrected chi connectivity index (χ1v) is 17.3. The third kappa shape index (κ3) is 5.38. The van der Waals surface area contributed by atoms with Crippen molar-refractivity contribution < 1.29 is 0 Å². The van der Waals surface area contributed by atoms with E-state index in [4.69, 9.17) is 0 Å². The average Bonchev–Trinajstić information content (AvgIpc) is 3.21. The molecule has 0 aliphatic heterocycles. The fourth-order valence-electron chi connectivity index (χ4n) is 7.54. The molecule has 9 rings (SSSR count). The Balaban J connectivity index is 1.35. The van der Waals surface area contributed by atoms with Gasteiger partial charge < -0.3 is 0 Å². The largest absolute Gasteiger partial charge is 0.0622 e. The molecule has 0 nitrogen and oxygen atoms in total. The second kappa shape index (κ2) is 12.8. The van der Waals surface area contributed by atoms with E-state index >= 15 is 0 Å². The summed E-state index contributed by atoms with van der Waals surface area (Å²) in [6.45, 7) is 0. The van der Waals surface area contributed by atoms with Crippen LogP contribution in [0.5, 0.6) is 0 Å². The lowest BCUT2D eigenvalue weighted by Gasteiger charge is -2.20. The van der Waals surface area contributed by atoms with Crippen molar-refractivity contribution in [3.05, 3.63) is 206 Å². The van der Waals surface area contributed by atoms with Crippen LogP contribution < -0.4 is 0 Å². The molecule has 0 aliphatic rings.